The van der Waals surface area contributed by atoms with E-state index in [1.54, 1.807) is 51.1 Å². The zero-order valence-electron chi connectivity index (χ0n) is 17.2. The number of aromatic nitrogens is 6. The van der Waals surface area contributed by atoms with Crippen LogP contribution in [0, 0.1) is 12.7 Å². The molecule has 1 aliphatic heterocycles. The van der Waals surface area contributed by atoms with E-state index < -0.39 is 0 Å². The molecular weight excluding hydrogens is 433 g/mol. The van der Waals surface area contributed by atoms with Gasteiger partial charge >= 0.3 is 0 Å². The molecule has 0 fully saturated rings. The highest BCUT2D eigenvalue weighted by Crippen LogP contribution is 2.30. The first-order chi connectivity index (χ1) is 15.5. The lowest BCUT2D eigenvalue weighted by atomic mass is 10.1. The van der Waals surface area contributed by atoms with Gasteiger partial charge < -0.3 is 4.90 Å². The van der Waals surface area contributed by atoms with Crippen molar-refractivity contribution in [3.63, 3.8) is 0 Å². The van der Waals surface area contributed by atoms with E-state index in [4.69, 9.17) is 11.6 Å². The van der Waals surface area contributed by atoms with Crippen molar-refractivity contribution >= 4 is 23.2 Å². The van der Waals surface area contributed by atoms with Gasteiger partial charge in [-0.05, 0) is 50.1 Å². The number of nitrogens with zero attached hydrogens (tertiary/aromatic N) is 7. The van der Waals surface area contributed by atoms with E-state index in [9.17, 15) is 9.18 Å². The summed E-state index contributed by atoms with van der Waals surface area (Å²) in [5.41, 5.74) is 3.55. The first-order valence-electron chi connectivity index (χ1n) is 10.2. The summed E-state index contributed by atoms with van der Waals surface area (Å²) in [4.78, 5) is 23.4. The van der Waals surface area contributed by atoms with E-state index in [2.05, 4.69) is 20.2 Å². The van der Waals surface area contributed by atoms with Crippen molar-refractivity contribution in [2.24, 2.45) is 0 Å². The minimum Gasteiger partial charge on any atom is -0.308 e. The molecule has 0 spiro atoms. The van der Waals surface area contributed by atoms with Gasteiger partial charge in [-0.3, -0.25) is 9.48 Å². The molecular formula is C22H19ClFN7O. The monoisotopic (exact) mass is 451 g/mol. The lowest BCUT2D eigenvalue weighted by Crippen LogP contribution is -2.38. The van der Waals surface area contributed by atoms with Crippen molar-refractivity contribution in [3.8, 4) is 17.2 Å². The highest BCUT2D eigenvalue weighted by molar-refractivity contribution is 6.33. The molecule has 1 aliphatic rings. The van der Waals surface area contributed by atoms with Crippen LogP contribution in [0.5, 0.6) is 0 Å². The summed E-state index contributed by atoms with van der Waals surface area (Å²) in [5, 5.41) is 9.36. The maximum Gasteiger partial charge on any atom is 0.248 e. The van der Waals surface area contributed by atoms with Crippen LogP contribution in [0.15, 0.2) is 48.9 Å². The average molecular weight is 452 g/mol. The van der Waals surface area contributed by atoms with Gasteiger partial charge in [-0.1, -0.05) is 11.6 Å². The minimum atomic E-state index is -0.305. The van der Waals surface area contributed by atoms with E-state index in [0.29, 0.717) is 28.8 Å². The molecule has 4 heterocycles. The first kappa shape index (κ1) is 20.3. The normalized spacial score (nSPS) is 13.3. The van der Waals surface area contributed by atoms with Gasteiger partial charge in [0.2, 0.25) is 5.91 Å². The molecule has 10 heteroatoms. The second-order valence-electron chi connectivity index (χ2n) is 7.49. The predicted octanol–water partition coefficient (Wildman–Crippen LogP) is 3.61. The van der Waals surface area contributed by atoms with Crippen molar-refractivity contribution in [2.45, 2.75) is 26.3 Å². The molecule has 0 atom stereocenters. The van der Waals surface area contributed by atoms with Crippen LogP contribution in [0.2, 0.25) is 5.02 Å². The van der Waals surface area contributed by atoms with E-state index in [-0.39, 0.29) is 18.3 Å². The largest absolute Gasteiger partial charge is 0.308 e. The van der Waals surface area contributed by atoms with E-state index >= 15 is 0 Å². The Balaban J connectivity index is 1.42. The van der Waals surface area contributed by atoms with Gasteiger partial charge in [-0.2, -0.15) is 10.2 Å². The van der Waals surface area contributed by atoms with Crippen LogP contribution in [0.25, 0.3) is 17.2 Å². The van der Waals surface area contributed by atoms with Gasteiger partial charge in [0.15, 0.2) is 5.82 Å². The first-order valence-corrected chi connectivity index (χ1v) is 10.5. The van der Waals surface area contributed by atoms with Crippen molar-refractivity contribution in [1.82, 2.24) is 29.5 Å². The van der Waals surface area contributed by atoms with Gasteiger partial charge in [0, 0.05) is 18.9 Å². The molecule has 0 saturated carbocycles. The number of hydrogen-bond donors (Lipinski definition) is 0. The van der Waals surface area contributed by atoms with Crippen molar-refractivity contribution in [1.29, 1.82) is 0 Å². The van der Waals surface area contributed by atoms with Gasteiger partial charge in [-0.15, -0.1) is 0 Å². The topological polar surface area (TPSA) is 81.7 Å². The molecule has 0 unspecified atom stereocenters. The lowest BCUT2D eigenvalue weighted by molar-refractivity contribution is -0.119. The average Bonchev–Trinajstić information content (AvgIpc) is 3.37. The number of fused-ring (bicyclic) bond motifs is 1. The maximum absolute atomic E-state index is 13.3. The summed E-state index contributed by atoms with van der Waals surface area (Å²) in [6.45, 7) is 2.42. The Morgan fingerprint density at radius 3 is 2.69 bits per heavy atom. The zero-order chi connectivity index (χ0) is 22.2. The Hall–Kier alpha value is -3.59. The predicted molar refractivity (Wildman–Crippen MR) is 117 cm³/mol. The molecule has 4 aromatic rings. The van der Waals surface area contributed by atoms with E-state index in [0.717, 1.165) is 29.9 Å². The molecule has 0 saturated heterocycles. The fourth-order valence-corrected chi connectivity index (χ4v) is 4.09. The Bertz CT molecular complexity index is 1280. The summed E-state index contributed by atoms with van der Waals surface area (Å²) < 4.78 is 16.6. The molecule has 32 heavy (non-hydrogen) atoms. The van der Waals surface area contributed by atoms with E-state index in [1.165, 1.54) is 12.1 Å². The second kappa shape index (κ2) is 8.16. The number of rotatable bonds is 4. The Kier molecular flexibility index (Phi) is 5.18. The number of benzene rings is 1. The molecule has 8 nitrogen and oxygen atoms in total. The third-order valence-electron chi connectivity index (χ3n) is 5.50. The fraction of sp³-hybridized carbons (Fsp3) is 0.227. The molecule has 0 N–H and O–H groups in total. The summed E-state index contributed by atoms with van der Waals surface area (Å²) in [6.07, 6.45) is 6.49. The number of anilines is 1. The molecule has 3 aromatic heterocycles. The number of amides is 1. The Labute approximate surface area is 188 Å². The smallest absolute Gasteiger partial charge is 0.248 e. The fourth-order valence-electron chi connectivity index (χ4n) is 3.87. The minimum absolute atomic E-state index is 0.0273. The SMILES string of the molecule is Cc1c(Cl)c(-c2ncccn2)nn1CC(=O)N1CCCc2c1cnn2-c1ccc(F)cc1. The molecule has 1 amide bonds. The Morgan fingerprint density at radius 1 is 1.19 bits per heavy atom. The summed E-state index contributed by atoms with van der Waals surface area (Å²) >= 11 is 6.45. The quantitative estimate of drug-likeness (QED) is 0.473. The van der Waals surface area contributed by atoms with Crippen LogP contribution < -0.4 is 4.90 Å². The lowest BCUT2D eigenvalue weighted by Gasteiger charge is -2.27. The van der Waals surface area contributed by atoms with Crippen molar-refractivity contribution in [3.05, 3.63) is 71.2 Å². The highest BCUT2D eigenvalue weighted by Gasteiger charge is 2.28. The van der Waals surface area contributed by atoms with E-state index in [1.807, 2.05) is 6.92 Å². The van der Waals surface area contributed by atoms with Crippen molar-refractivity contribution < 1.29 is 9.18 Å². The number of halogens is 2. The summed E-state index contributed by atoms with van der Waals surface area (Å²) in [6, 6.07) is 7.85. The van der Waals surface area contributed by atoms with Crippen LogP contribution in [0.3, 0.4) is 0 Å². The van der Waals surface area contributed by atoms with Crippen molar-refractivity contribution in [2.75, 3.05) is 11.4 Å². The van der Waals surface area contributed by atoms with Crippen LogP contribution in [-0.4, -0.2) is 42.0 Å². The third kappa shape index (κ3) is 3.54. The van der Waals surface area contributed by atoms with Crippen LogP contribution >= 0.6 is 11.6 Å². The molecule has 0 aliphatic carbocycles. The van der Waals surface area contributed by atoms with Gasteiger partial charge in [0.1, 0.15) is 18.1 Å². The zero-order valence-corrected chi connectivity index (χ0v) is 18.0. The molecule has 0 radical (unpaired) electrons. The summed E-state index contributed by atoms with van der Waals surface area (Å²) in [5.74, 6) is -0.0138. The standard InChI is InChI=1S/C22H19ClFN7O/c1-14-20(23)21(22-25-9-3-10-26-22)28-30(14)13-19(32)29-11-2-4-17-18(29)12-27-31(17)16-7-5-15(24)6-8-16/h3,5-10,12H,2,4,11,13H2,1H3. The van der Waals surface area contributed by atoms with Crippen LogP contribution in [-0.2, 0) is 17.8 Å². The molecule has 162 valence electrons. The number of carbonyl (C=O) groups is 1. The van der Waals surface area contributed by atoms with Gasteiger partial charge in [0.05, 0.1) is 34.0 Å². The van der Waals surface area contributed by atoms with Gasteiger partial charge in [-0.25, -0.2) is 19.0 Å². The third-order valence-corrected chi connectivity index (χ3v) is 5.95. The number of carbonyl (C=O) groups excluding carboxylic acids is 1. The van der Waals surface area contributed by atoms with Crippen LogP contribution in [0.1, 0.15) is 17.8 Å². The molecule has 1 aromatic carbocycles. The number of hydrogen-bond acceptors (Lipinski definition) is 5. The highest BCUT2D eigenvalue weighted by atomic mass is 35.5. The maximum atomic E-state index is 13.3. The van der Waals surface area contributed by atoms with Gasteiger partial charge in [0.25, 0.3) is 0 Å². The second-order valence-corrected chi connectivity index (χ2v) is 7.87. The molecule has 0 bridgehead atoms. The summed E-state index contributed by atoms with van der Waals surface area (Å²) in [7, 11) is 0. The van der Waals surface area contributed by atoms with Crippen LogP contribution in [0.4, 0.5) is 10.1 Å². The molecule has 5 rings (SSSR count). The Morgan fingerprint density at radius 2 is 1.94 bits per heavy atom.